The normalized spacial score (nSPS) is 13.0. The Balaban J connectivity index is 2.47. The van der Waals surface area contributed by atoms with Crippen LogP contribution >= 0.6 is 0 Å². The maximum atomic E-state index is 11.9. The van der Waals surface area contributed by atoms with E-state index in [1.165, 1.54) is 19.1 Å². The topological polar surface area (TPSA) is 142 Å². The van der Waals surface area contributed by atoms with Gasteiger partial charge < -0.3 is 26.6 Å². The Morgan fingerprint density at radius 3 is 2.32 bits per heavy atom. The van der Waals surface area contributed by atoms with E-state index in [2.05, 4.69) is 10.6 Å². The summed E-state index contributed by atoms with van der Waals surface area (Å²) in [4.78, 5) is 33.8. The molecule has 8 heteroatoms. The van der Waals surface area contributed by atoms with Crippen molar-refractivity contribution in [3.05, 3.63) is 29.8 Å². The van der Waals surface area contributed by atoms with Crippen molar-refractivity contribution in [1.29, 1.82) is 0 Å². The van der Waals surface area contributed by atoms with Crippen LogP contribution in [0.15, 0.2) is 24.3 Å². The Labute approximate surface area is 127 Å². The summed E-state index contributed by atoms with van der Waals surface area (Å²) in [6, 6.07) is 4.51. The number of aromatic hydroxyl groups is 1. The second kappa shape index (κ2) is 7.99. The molecule has 1 aromatic carbocycles. The first-order chi connectivity index (χ1) is 10.3. The van der Waals surface area contributed by atoms with Crippen molar-refractivity contribution in [2.45, 2.75) is 25.4 Å². The van der Waals surface area contributed by atoms with Gasteiger partial charge in [0, 0.05) is 0 Å². The number of rotatable bonds is 7. The number of nitrogens with two attached hydrogens (primary N) is 1. The molecular formula is C14H19N3O5. The van der Waals surface area contributed by atoms with E-state index in [1.54, 1.807) is 12.1 Å². The third-order valence-electron chi connectivity index (χ3n) is 2.89. The number of aliphatic carboxylic acids is 1. The maximum Gasteiger partial charge on any atom is 0.322 e. The van der Waals surface area contributed by atoms with E-state index in [1.807, 2.05) is 0 Å². The van der Waals surface area contributed by atoms with Crippen LogP contribution in [0.5, 0.6) is 5.75 Å². The predicted octanol–water partition coefficient (Wildman–Crippen LogP) is -1.03. The summed E-state index contributed by atoms with van der Waals surface area (Å²) in [5.74, 6) is -2.18. The zero-order valence-corrected chi connectivity index (χ0v) is 12.1. The smallest absolute Gasteiger partial charge is 0.322 e. The third kappa shape index (κ3) is 5.80. The van der Waals surface area contributed by atoms with Gasteiger partial charge in [-0.25, -0.2) is 0 Å². The Hall–Kier alpha value is -2.61. The highest BCUT2D eigenvalue weighted by atomic mass is 16.4. The molecule has 1 rings (SSSR count). The number of benzene rings is 1. The van der Waals surface area contributed by atoms with Gasteiger partial charge in [-0.3, -0.25) is 14.4 Å². The molecule has 0 radical (unpaired) electrons. The molecule has 0 saturated heterocycles. The van der Waals surface area contributed by atoms with Crippen LogP contribution < -0.4 is 16.4 Å². The number of amides is 2. The molecule has 0 aliphatic rings. The lowest BCUT2D eigenvalue weighted by molar-refractivity contribution is -0.138. The molecule has 0 unspecified atom stereocenters. The van der Waals surface area contributed by atoms with Gasteiger partial charge in [-0.1, -0.05) is 12.1 Å². The number of carboxylic acids is 1. The zero-order chi connectivity index (χ0) is 16.7. The minimum absolute atomic E-state index is 0.116. The van der Waals surface area contributed by atoms with E-state index in [9.17, 15) is 19.5 Å². The van der Waals surface area contributed by atoms with Gasteiger partial charge >= 0.3 is 5.97 Å². The predicted molar refractivity (Wildman–Crippen MR) is 78.0 cm³/mol. The Kier molecular flexibility index (Phi) is 6.33. The van der Waals surface area contributed by atoms with Gasteiger partial charge in [0.2, 0.25) is 11.8 Å². The highest BCUT2D eigenvalue weighted by Crippen LogP contribution is 2.10. The minimum Gasteiger partial charge on any atom is -0.508 e. The van der Waals surface area contributed by atoms with Crippen molar-refractivity contribution in [2.24, 2.45) is 5.73 Å². The van der Waals surface area contributed by atoms with Gasteiger partial charge in [0.05, 0.1) is 6.04 Å². The lowest BCUT2D eigenvalue weighted by atomic mass is 10.1. The molecule has 120 valence electrons. The molecule has 0 aromatic heterocycles. The molecule has 0 saturated carbocycles. The first-order valence-electron chi connectivity index (χ1n) is 6.63. The Bertz CT molecular complexity index is 544. The van der Waals surface area contributed by atoms with Gasteiger partial charge in [0.1, 0.15) is 18.3 Å². The zero-order valence-electron chi connectivity index (χ0n) is 12.1. The van der Waals surface area contributed by atoms with Crippen LogP contribution in [-0.4, -0.2) is 46.6 Å². The van der Waals surface area contributed by atoms with Crippen molar-refractivity contribution in [3.8, 4) is 5.75 Å². The number of hydrogen-bond acceptors (Lipinski definition) is 5. The fourth-order valence-electron chi connectivity index (χ4n) is 1.68. The highest BCUT2D eigenvalue weighted by Gasteiger charge is 2.20. The minimum atomic E-state index is -1.17. The molecular weight excluding hydrogens is 290 g/mol. The quantitative estimate of drug-likeness (QED) is 0.436. The molecule has 0 heterocycles. The molecule has 0 bridgehead atoms. The molecule has 0 aliphatic heterocycles. The van der Waals surface area contributed by atoms with Crippen LogP contribution in [0.25, 0.3) is 0 Å². The number of carbonyl (C=O) groups excluding carboxylic acids is 2. The van der Waals surface area contributed by atoms with Crippen molar-refractivity contribution < 1.29 is 24.6 Å². The summed E-state index contributed by atoms with van der Waals surface area (Å²) >= 11 is 0. The summed E-state index contributed by atoms with van der Waals surface area (Å²) in [5.41, 5.74) is 6.52. The van der Waals surface area contributed by atoms with Gasteiger partial charge in [-0.05, 0) is 31.0 Å². The molecule has 22 heavy (non-hydrogen) atoms. The second-order valence-corrected chi connectivity index (χ2v) is 4.82. The molecule has 0 fully saturated rings. The number of phenolic OH excluding ortho intramolecular Hbond substituents is 1. The van der Waals surface area contributed by atoms with Gasteiger partial charge in [-0.2, -0.15) is 0 Å². The standard InChI is InChI=1S/C14H19N3O5/c1-8(13(21)16-7-12(19)20)17-14(22)11(15)6-9-2-4-10(18)5-3-9/h2-5,8,11,18H,6-7,15H2,1H3,(H,16,21)(H,17,22)(H,19,20)/t8-,11-/m1/s1. The van der Waals surface area contributed by atoms with E-state index in [-0.39, 0.29) is 12.2 Å². The van der Waals surface area contributed by atoms with Crippen LogP contribution in [0.2, 0.25) is 0 Å². The summed E-state index contributed by atoms with van der Waals surface area (Å²) in [6.07, 6.45) is 0.246. The van der Waals surface area contributed by atoms with Crippen molar-refractivity contribution >= 4 is 17.8 Å². The highest BCUT2D eigenvalue weighted by molar-refractivity contribution is 5.90. The van der Waals surface area contributed by atoms with Gasteiger partial charge in [0.15, 0.2) is 0 Å². The number of nitrogens with one attached hydrogen (secondary N) is 2. The monoisotopic (exact) mass is 309 g/mol. The largest absolute Gasteiger partial charge is 0.508 e. The summed E-state index contributed by atoms with van der Waals surface area (Å²) in [7, 11) is 0. The van der Waals surface area contributed by atoms with Crippen LogP contribution in [0.3, 0.4) is 0 Å². The van der Waals surface area contributed by atoms with E-state index >= 15 is 0 Å². The lowest BCUT2D eigenvalue weighted by Gasteiger charge is -2.17. The summed E-state index contributed by atoms with van der Waals surface area (Å²) in [5, 5.41) is 22.2. The van der Waals surface area contributed by atoms with Crippen molar-refractivity contribution in [2.75, 3.05) is 6.54 Å². The lowest BCUT2D eigenvalue weighted by Crippen LogP contribution is -2.51. The van der Waals surface area contributed by atoms with E-state index in [0.717, 1.165) is 5.56 Å². The van der Waals surface area contributed by atoms with Crippen molar-refractivity contribution in [3.63, 3.8) is 0 Å². The SMILES string of the molecule is C[C@@H](NC(=O)[C@H](N)Cc1ccc(O)cc1)C(=O)NCC(=O)O. The van der Waals surface area contributed by atoms with Crippen LogP contribution in [0.4, 0.5) is 0 Å². The average molecular weight is 309 g/mol. The first kappa shape index (κ1) is 17.4. The fraction of sp³-hybridized carbons (Fsp3) is 0.357. The number of hydrogen-bond donors (Lipinski definition) is 5. The molecule has 1 aromatic rings. The fourth-order valence-corrected chi connectivity index (χ4v) is 1.68. The summed E-state index contributed by atoms with van der Waals surface area (Å²) in [6.45, 7) is 0.918. The van der Waals surface area contributed by atoms with E-state index in [0.29, 0.717) is 0 Å². The van der Waals surface area contributed by atoms with Crippen LogP contribution in [0.1, 0.15) is 12.5 Å². The van der Waals surface area contributed by atoms with E-state index in [4.69, 9.17) is 10.8 Å². The number of carbonyl (C=O) groups is 3. The molecule has 8 nitrogen and oxygen atoms in total. The molecule has 0 spiro atoms. The maximum absolute atomic E-state index is 11.9. The van der Waals surface area contributed by atoms with Gasteiger partial charge in [0.25, 0.3) is 0 Å². The van der Waals surface area contributed by atoms with Crippen LogP contribution in [0, 0.1) is 0 Å². The summed E-state index contributed by atoms with van der Waals surface area (Å²) < 4.78 is 0. The average Bonchev–Trinajstić information content (AvgIpc) is 2.46. The van der Waals surface area contributed by atoms with Crippen molar-refractivity contribution in [1.82, 2.24) is 10.6 Å². The van der Waals surface area contributed by atoms with Gasteiger partial charge in [-0.15, -0.1) is 0 Å². The Morgan fingerprint density at radius 1 is 1.18 bits per heavy atom. The van der Waals surface area contributed by atoms with Crippen LogP contribution in [-0.2, 0) is 20.8 Å². The number of carboxylic acid groups (broad SMARTS) is 1. The Morgan fingerprint density at radius 2 is 1.77 bits per heavy atom. The first-order valence-corrected chi connectivity index (χ1v) is 6.63. The third-order valence-corrected chi connectivity index (χ3v) is 2.89. The molecule has 2 amide bonds. The molecule has 6 N–H and O–H groups in total. The number of phenols is 1. The molecule has 2 atom stereocenters. The second-order valence-electron chi connectivity index (χ2n) is 4.82. The molecule has 0 aliphatic carbocycles. The van der Waals surface area contributed by atoms with E-state index < -0.39 is 36.4 Å².